The Morgan fingerprint density at radius 3 is 2.94 bits per heavy atom. The summed E-state index contributed by atoms with van der Waals surface area (Å²) in [6.45, 7) is 5.85. The molecule has 92 valence electrons. The molecule has 0 aliphatic heterocycles. The summed E-state index contributed by atoms with van der Waals surface area (Å²) in [5, 5.41) is 9.73. The van der Waals surface area contributed by atoms with Gasteiger partial charge in [0, 0.05) is 12.0 Å². The van der Waals surface area contributed by atoms with E-state index in [-0.39, 0.29) is 11.7 Å². The zero-order valence-corrected chi connectivity index (χ0v) is 10.1. The highest BCUT2D eigenvalue weighted by atomic mass is 16.5. The molecule has 0 amide bonds. The topological polar surface area (TPSA) is 46.5 Å². The van der Waals surface area contributed by atoms with Gasteiger partial charge in [-0.05, 0) is 31.4 Å². The lowest BCUT2D eigenvalue weighted by molar-refractivity contribution is -0.143. The summed E-state index contributed by atoms with van der Waals surface area (Å²) in [4.78, 5) is 11.3. The average molecular weight is 234 g/mol. The number of phenols is 1. The second-order valence-electron chi connectivity index (χ2n) is 3.71. The van der Waals surface area contributed by atoms with Crippen molar-refractivity contribution in [1.29, 1.82) is 0 Å². The van der Waals surface area contributed by atoms with E-state index < -0.39 is 0 Å². The number of aromatic hydroxyl groups is 1. The average Bonchev–Trinajstić information content (AvgIpc) is 2.30. The number of aryl methyl sites for hydroxylation is 1. The number of hydrogen-bond acceptors (Lipinski definition) is 3. The monoisotopic (exact) mass is 234 g/mol. The summed E-state index contributed by atoms with van der Waals surface area (Å²) in [6.07, 6.45) is 3.26. The second kappa shape index (κ2) is 6.74. The smallest absolute Gasteiger partial charge is 0.306 e. The lowest BCUT2D eigenvalue weighted by Crippen LogP contribution is -2.06. The van der Waals surface area contributed by atoms with E-state index in [9.17, 15) is 9.90 Å². The molecule has 0 saturated carbocycles. The van der Waals surface area contributed by atoms with Crippen LogP contribution in [0.3, 0.4) is 0 Å². The van der Waals surface area contributed by atoms with E-state index >= 15 is 0 Å². The number of esters is 1. The van der Waals surface area contributed by atoms with Crippen LogP contribution in [0.1, 0.15) is 24.5 Å². The standard InChI is InChI=1S/C14H18O3/c1-3-6-12-11(7-5-8-13(12)15)9-10-14(16)17-4-2/h3,5,7-8,15H,1,4,6,9-10H2,2H3. The third kappa shape index (κ3) is 3.94. The van der Waals surface area contributed by atoms with Gasteiger partial charge in [-0.15, -0.1) is 6.58 Å². The fourth-order valence-corrected chi connectivity index (χ4v) is 1.71. The van der Waals surface area contributed by atoms with Gasteiger partial charge >= 0.3 is 5.97 Å². The first kappa shape index (κ1) is 13.3. The Bertz CT molecular complexity index is 396. The molecule has 1 rings (SSSR count). The molecule has 0 heterocycles. The number of carbonyl (C=O) groups is 1. The van der Waals surface area contributed by atoms with Crippen LogP contribution in [0.2, 0.25) is 0 Å². The van der Waals surface area contributed by atoms with Gasteiger partial charge in [-0.25, -0.2) is 0 Å². The minimum absolute atomic E-state index is 0.208. The Balaban J connectivity index is 2.73. The highest BCUT2D eigenvalue weighted by Gasteiger charge is 2.08. The van der Waals surface area contributed by atoms with E-state index in [1.165, 1.54) is 0 Å². The van der Waals surface area contributed by atoms with Gasteiger partial charge in [-0.3, -0.25) is 4.79 Å². The first-order valence-corrected chi connectivity index (χ1v) is 5.75. The summed E-state index contributed by atoms with van der Waals surface area (Å²) in [7, 11) is 0. The Hall–Kier alpha value is -1.77. The van der Waals surface area contributed by atoms with Crippen molar-refractivity contribution in [3.8, 4) is 5.75 Å². The minimum Gasteiger partial charge on any atom is -0.508 e. The van der Waals surface area contributed by atoms with Gasteiger partial charge in [-0.1, -0.05) is 18.2 Å². The molecule has 0 aliphatic rings. The third-order valence-electron chi connectivity index (χ3n) is 2.50. The predicted octanol–water partition coefficient (Wildman–Crippen LogP) is 2.62. The van der Waals surface area contributed by atoms with Gasteiger partial charge in [0.15, 0.2) is 0 Å². The van der Waals surface area contributed by atoms with Crippen LogP contribution in [0.15, 0.2) is 30.9 Å². The maximum Gasteiger partial charge on any atom is 0.306 e. The molecule has 3 nitrogen and oxygen atoms in total. The Kier molecular flexibility index (Phi) is 5.27. The van der Waals surface area contributed by atoms with Crippen LogP contribution in [0, 0.1) is 0 Å². The molecule has 0 spiro atoms. The maximum atomic E-state index is 11.3. The fraction of sp³-hybridized carbons (Fsp3) is 0.357. The van der Waals surface area contributed by atoms with Crippen LogP contribution in [-0.4, -0.2) is 17.7 Å². The summed E-state index contributed by atoms with van der Waals surface area (Å²) >= 11 is 0. The number of ether oxygens (including phenoxy) is 1. The number of phenolic OH excluding ortho intramolecular Hbond substituents is 1. The fourth-order valence-electron chi connectivity index (χ4n) is 1.71. The first-order valence-electron chi connectivity index (χ1n) is 5.75. The van der Waals surface area contributed by atoms with E-state index in [4.69, 9.17) is 4.74 Å². The first-order chi connectivity index (χ1) is 8.19. The number of carbonyl (C=O) groups excluding carboxylic acids is 1. The summed E-state index contributed by atoms with van der Waals surface area (Å²) in [6, 6.07) is 5.34. The van der Waals surface area contributed by atoms with Gasteiger partial charge in [0.05, 0.1) is 6.61 Å². The van der Waals surface area contributed by atoms with Crippen LogP contribution in [0.25, 0.3) is 0 Å². The number of hydrogen-bond donors (Lipinski definition) is 1. The number of benzene rings is 1. The highest BCUT2D eigenvalue weighted by Crippen LogP contribution is 2.23. The van der Waals surface area contributed by atoms with E-state index in [0.717, 1.165) is 11.1 Å². The van der Waals surface area contributed by atoms with E-state index in [1.807, 2.05) is 6.07 Å². The molecule has 1 aromatic rings. The van der Waals surface area contributed by atoms with Crippen molar-refractivity contribution in [1.82, 2.24) is 0 Å². The van der Waals surface area contributed by atoms with E-state index in [2.05, 4.69) is 6.58 Å². The van der Waals surface area contributed by atoms with Crippen molar-refractivity contribution >= 4 is 5.97 Å². The van der Waals surface area contributed by atoms with Crippen molar-refractivity contribution < 1.29 is 14.6 Å². The molecule has 0 atom stereocenters. The second-order valence-corrected chi connectivity index (χ2v) is 3.71. The Labute approximate surface area is 102 Å². The summed E-state index contributed by atoms with van der Waals surface area (Å²) < 4.78 is 4.87. The Morgan fingerprint density at radius 1 is 1.53 bits per heavy atom. The van der Waals surface area contributed by atoms with Crippen LogP contribution < -0.4 is 0 Å². The van der Waals surface area contributed by atoms with Gasteiger partial charge in [-0.2, -0.15) is 0 Å². The van der Waals surface area contributed by atoms with Gasteiger partial charge in [0.1, 0.15) is 5.75 Å². The molecule has 0 bridgehead atoms. The molecular formula is C14H18O3. The number of allylic oxidation sites excluding steroid dienone is 1. The van der Waals surface area contributed by atoms with Crippen LogP contribution in [0.4, 0.5) is 0 Å². The molecule has 1 aromatic carbocycles. The lowest BCUT2D eigenvalue weighted by Gasteiger charge is -2.09. The molecule has 0 fully saturated rings. The van der Waals surface area contributed by atoms with Crippen LogP contribution in [0.5, 0.6) is 5.75 Å². The van der Waals surface area contributed by atoms with Crippen LogP contribution in [-0.2, 0) is 22.4 Å². The zero-order valence-electron chi connectivity index (χ0n) is 10.1. The van der Waals surface area contributed by atoms with Crippen molar-refractivity contribution in [2.24, 2.45) is 0 Å². The molecular weight excluding hydrogens is 216 g/mol. The van der Waals surface area contributed by atoms with E-state index in [1.54, 1.807) is 25.1 Å². The molecule has 0 saturated heterocycles. The van der Waals surface area contributed by atoms with Gasteiger partial charge < -0.3 is 9.84 Å². The lowest BCUT2D eigenvalue weighted by atomic mass is 9.99. The predicted molar refractivity (Wildman–Crippen MR) is 67.0 cm³/mol. The van der Waals surface area contributed by atoms with E-state index in [0.29, 0.717) is 25.9 Å². The molecule has 17 heavy (non-hydrogen) atoms. The molecule has 0 aromatic heterocycles. The molecule has 0 aliphatic carbocycles. The molecule has 0 radical (unpaired) electrons. The van der Waals surface area contributed by atoms with Crippen molar-refractivity contribution in [3.05, 3.63) is 42.0 Å². The van der Waals surface area contributed by atoms with Crippen LogP contribution >= 0.6 is 0 Å². The summed E-state index contributed by atoms with van der Waals surface area (Å²) in [5.74, 6) is 0.0478. The molecule has 3 heteroatoms. The number of rotatable bonds is 6. The molecule has 0 unspecified atom stereocenters. The van der Waals surface area contributed by atoms with Crippen molar-refractivity contribution in [2.75, 3.05) is 6.61 Å². The zero-order chi connectivity index (χ0) is 12.7. The van der Waals surface area contributed by atoms with Gasteiger partial charge in [0.25, 0.3) is 0 Å². The molecule has 1 N–H and O–H groups in total. The minimum atomic E-state index is -0.208. The SMILES string of the molecule is C=CCc1c(O)cccc1CCC(=O)OCC. The third-order valence-corrected chi connectivity index (χ3v) is 2.50. The van der Waals surface area contributed by atoms with Crippen molar-refractivity contribution in [2.45, 2.75) is 26.2 Å². The summed E-state index contributed by atoms with van der Waals surface area (Å²) in [5.41, 5.74) is 1.81. The quantitative estimate of drug-likeness (QED) is 0.608. The highest BCUT2D eigenvalue weighted by molar-refractivity contribution is 5.69. The largest absolute Gasteiger partial charge is 0.508 e. The maximum absolute atomic E-state index is 11.3. The van der Waals surface area contributed by atoms with Crippen molar-refractivity contribution in [3.63, 3.8) is 0 Å². The normalized spacial score (nSPS) is 9.94. The Morgan fingerprint density at radius 2 is 2.29 bits per heavy atom. The van der Waals surface area contributed by atoms with Gasteiger partial charge in [0.2, 0.25) is 0 Å².